The normalized spacial score (nSPS) is 23.4. The van der Waals surface area contributed by atoms with E-state index in [4.69, 9.17) is 4.74 Å². The van der Waals surface area contributed by atoms with Gasteiger partial charge >= 0.3 is 6.09 Å². The molecule has 1 aliphatic carbocycles. The van der Waals surface area contributed by atoms with Crippen LogP contribution >= 0.6 is 0 Å². The molecule has 1 amide bonds. The summed E-state index contributed by atoms with van der Waals surface area (Å²) in [7, 11) is 0. The van der Waals surface area contributed by atoms with Crippen molar-refractivity contribution in [2.24, 2.45) is 11.3 Å². The number of carbonyl (C=O) groups excluding carboxylic acids is 1. The lowest BCUT2D eigenvalue weighted by Gasteiger charge is -2.40. The first-order chi connectivity index (χ1) is 11.1. The van der Waals surface area contributed by atoms with E-state index in [0.717, 1.165) is 17.8 Å². The first kappa shape index (κ1) is 18.6. The summed E-state index contributed by atoms with van der Waals surface area (Å²) < 4.78 is 5.36. The third-order valence-corrected chi connectivity index (χ3v) is 4.60. The molecule has 4 heteroatoms. The number of hydrogen-bond donors (Lipinski definition) is 2. The fourth-order valence-corrected chi connectivity index (χ4v) is 3.49. The maximum Gasteiger partial charge on any atom is 0.412 e. The van der Waals surface area contributed by atoms with Crippen molar-refractivity contribution >= 4 is 17.5 Å². The quantitative estimate of drug-likeness (QED) is 0.751. The molecule has 24 heavy (non-hydrogen) atoms. The van der Waals surface area contributed by atoms with Crippen molar-refractivity contribution < 1.29 is 9.53 Å². The molecule has 0 aromatic heterocycles. The molecule has 0 radical (unpaired) electrons. The van der Waals surface area contributed by atoms with Gasteiger partial charge in [-0.2, -0.15) is 0 Å². The Hall–Kier alpha value is -1.71. The van der Waals surface area contributed by atoms with E-state index in [1.165, 1.54) is 12.8 Å². The summed E-state index contributed by atoms with van der Waals surface area (Å²) >= 11 is 0. The Bertz CT molecular complexity index is 575. The fraction of sp³-hybridized carbons (Fsp3) is 0.650. The average molecular weight is 332 g/mol. The fourth-order valence-electron chi connectivity index (χ4n) is 3.49. The zero-order valence-electron chi connectivity index (χ0n) is 15.9. The zero-order valence-corrected chi connectivity index (χ0v) is 15.9. The number of para-hydroxylation sites is 2. The molecule has 1 aromatic rings. The molecule has 1 aliphatic rings. The second-order valence-electron chi connectivity index (χ2n) is 8.81. The topological polar surface area (TPSA) is 50.4 Å². The SMILES string of the molecule is CC1CC(C)(C)CCC1Nc1ccccc1NC(=O)OC(C)(C)C. The van der Waals surface area contributed by atoms with Crippen LogP contribution in [0.15, 0.2) is 24.3 Å². The predicted molar refractivity (Wildman–Crippen MR) is 101 cm³/mol. The second-order valence-corrected chi connectivity index (χ2v) is 8.81. The van der Waals surface area contributed by atoms with Crippen LogP contribution in [-0.4, -0.2) is 17.7 Å². The largest absolute Gasteiger partial charge is 0.444 e. The number of anilines is 2. The van der Waals surface area contributed by atoms with Gasteiger partial charge in [-0.25, -0.2) is 4.79 Å². The molecule has 2 N–H and O–H groups in total. The van der Waals surface area contributed by atoms with Crippen molar-refractivity contribution in [2.75, 3.05) is 10.6 Å². The van der Waals surface area contributed by atoms with Crippen LogP contribution in [0.25, 0.3) is 0 Å². The summed E-state index contributed by atoms with van der Waals surface area (Å²) in [5.74, 6) is 0.600. The Labute approximate surface area is 146 Å². The number of carbonyl (C=O) groups is 1. The summed E-state index contributed by atoms with van der Waals surface area (Å²) in [4.78, 5) is 12.1. The van der Waals surface area contributed by atoms with Crippen LogP contribution < -0.4 is 10.6 Å². The molecule has 2 rings (SSSR count). The molecule has 1 aromatic carbocycles. The Morgan fingerprint density at radius 2 is 1.83 bits per heavy atom. The van der Waals surface area contributed by atoms with Crippen LogP contribution in [0.5, 0.6) is 0 Å². The van der Waals surface area contributed by atoms with Gasteiger partial charge in [0, 0.05) is 6.04 Å². The maximum atomic E-state index is 12.1. The van der Waals surface area contributed by atoms with Gasteiger partial charge in [-0.15, -0.1) is 0 Å². The molecule has 0 aliphatic heterocycles. The Morgan fingerprint density at radius 1 is 1.21 bits per heavy atom. The lowest BCUT2D eigenvalue weighted by atomic mass is 9.70. The highest BCUT2D eigenvalue weighted by atomic mass is 16.6. The predicted octanol–water partition coefficient (Wildman–Crippen LogP) is 5.66. The third kappa shape index (κ3) is 5.43. The molecule has 0 bridgehead atoms. The number of hydrogen-bond acceptors (Lipinski definition) is 3. The van der Waals surface area contributed by atoms with Gasteiger partial charge in [-0.1, -0.05) is 32.9 Å². The molecular weight excluding hydrogens is 300 g/mol. The van der Waals surface area contributed by atoms with E-state index < -0.39 is 11.7 Å². The molecule has 2 atom stereocenters. The van der Waals surface area contributed by atoms with Crippen LogP contribution in [0.2, 0.25) is 0 Å². The summed E-state index contributed by atoms with van der Waals surface area (Å²) in [5, 5.41) is 6.50. The van der Waals surface area contributed by atoms with Gasteiger partial charge in [0.1, 0.15) is 5.60 Å². The van der Waals surface area contributed by atoms with Gasteiger partial charge < -0.3 is 10.1 Å². The molecule has 0 heterocycles. The Kier molecular flexibility index (Phi) is 5.46. The van der Waals surface area contributed by atoms with Crippen molar-refractivity contribution in [1.82, 2.24) is 0 Å². The molecule has 134 valence electrons. The lowest BCUT2D eigenvalue weighted by molar-refractivity contribution is 0.0636. The number of nitrogens with one attached hydrogen (secondary N) is 2. The van der Waals surface area contributed by atoms with Gasteiger partial charge in [0.25, 0.3) is 0 Å². The van der Waals surface area contributed by atoms with E-state index >= 15 is 0 Å². The summed E-state index contributed by atoms with van der Waals surface area (Å²) in [6.45, 7) is 12.6. The molecule has 2 unspecified atom stereocenters. The molecule has 0 saturated heterocycles. The van der Waals surface area contributed by atoms with E-state index in [1.54, 1.807) is 0 Å². The van der Waals surface area contributed by atoms with Crippen LogP contribution in [0.1, 0.15) is 60.8 Å². The second kappa shape index (κ2) is 7.04. The number of benzene rings is 1. The third-order valence-electron chi connectivity index (χ3n) is 4.60. The van der Waals surface area contributed by atoms with Crippen LogP contribution in [0.3, 0.4) is 0 Å². The minimum absolute atomic E-state index is 0.422. The van der Waals surface area contributed by atoms with Gasteiger partial charge in [0.05, 0.1) is 11.4 Å². The van der Waals surface area contributed by atoms with Crippen molar-refractivity contribution in [3.05, 3.63) is 24.3 Å². The van der Waals surface area contributed by atoms with Crippen molar-refractivity contribution in [3.63, 3.8) is 0 Å². The molecule has 4 nitrogen and oxygen atoms in total. The van der Waals surface area contributed by atoms with E-state index in [2.05, 4.69) is 31.4 Å². The van der Waals surface area contributed by atoms with E-state index in [1.807, 2.05) is 45.0 Å². The Balaban J connectivity index is 2.05. The minimum Gasteiger partial charge on any atom is -0.444 e. The van der Waals surface area contributed by atoms with E-state index in [0.29, 0.717) is 17.4 Å². The number of ether oxygens (including phenoxy) is 1. The van der Waals surface area contributed by atoms with Crippen LogP contribution in [0, 0.1) is 11.3 Å². The number of amides is 1. The highest BCUT2D eigenvalue weighted by Gasteiger charge is 2.32. The van der Waals surface area contributed by atoms with Crippen molar-refractivity contribution in [1.29, 1.82) is 0 Å². The number of rotatable bonds is 3. The highest BCUT2D eigenvalue weighted by molar-refractivity contribution is 5.89. The standard InChI is InChI=1S/C20H32N2O2/c1-14-13-20(5,6)12-11-15(14)21-16-9-7-8-10-17(16)22-18(23)24-19(2,3)4/h7-10,14-15,21H,11-13H2,1-6H3,(H,22,23). The molecular formula is C20H32N2O2. The lowest BCUT2D eigenvalue weighted by Crippen LogP contribution is -2.37. The molecule has 1 fully saturated rings. The molecule has 0 spiro atoms. The first-order valence-electron chi connectivity index (χ1n) is 8.91. The van der Waals surface area contributed by atoms with Crippen molar-refractivity contribution in [3.8, 4) is 0 Å². The Morgan fingerprint density at radius 3 is 2.42 bits per heavy atom. The van der Waals surface area contributed by atoms with Crippen molar-refractivity contribution in [2.45, 2.75) is 72.4 Å². The van der Waals surface area contributed by atoms with Gasteiger partial charge in [-0.05, 0) is 63.5 Å². The maximum absolute atomic E-state index is 12.1. The van der Waals surface area contributed by atoms with Gasteiger partial charge in [0.15, 0.2) is 0 Å². The zero-order chi connectivity index (χ0) is 18.0. The average Bonchev–Trinajstić information content (AvgIpc) is 2.41. The smallest absolute Gasteiger partial charge is 0.412 e. The van der Waals surface area contributed by atoms with Gasteiger partial charge in [-0.3, -0.25) is 5.32 Å². The van der Waals surface area contributed by atoms with E-state index in [9.17, 15) is 4.79 Å². The van der Waals surface area contributed by atoms with Gasteiger partial charge in [0.2, 0.25) is 0 Å². The highest BCUT2D eigenvalue weighted by Crippen LogP contribution is 2.40. The minimum atomic E-state index is -0.504. The van der Waals surface area contributed by atoms with Crippen LogP contribution in [0.4, 0.5) is 16.2 Å². The first-order valence-corrected chi connectivity index (χ1v) is 8.91. The summed E-state index contributed by atoms with van der Waals surface area (Å²) in [6, 6.07) is 8.26. The summed E-state index contributed by atoms with van der Waals surface area (Å²) in [6.07, 6.45) is 3.16. The monoisotopic (exact) mass is 332 g/mol. The summed E-state index contributed by atoms with van der Waals surface area (Å²) in [5.41, 5.74) is 1.64. The van der Waals surface area contributed by atoms with Crippen LogP contribution in [-0.2, 0) is 4.74 Å². The van der Waals surface area contributed by atoms with E-state index in [-0.39, 0.29) is 0 Å². The molecule has 1 saturated carbocycles.